The quantitative estimate of drug-likeness (QED) is 0.469. The van der Waals surface area contributed by atoms with Crippen molar-refractivity contribution in [1.29, 1.82) is 0 Å². The largest absolute Gasteiger partial charge is 0.508 e. The smallest absolute Gasteiger partial charge is 0.434 e. The van der Waals surface area contributed by atoms with Crippen LogP contribution in [0.25, 0.3) is 0 Å². The van der Waals surface area contributed by atoms with Crippen LogP contribution in [-0.4, -0.2) is 19.4 Å². The van der Waals surface area contributed by atoms with E-state index >= 15 is 0 Å². The van der Waals surface area contributed by atoms with Crippen molar-refractivity contribution in [3.05, 3.63) is 0 Å². The number of cyclic esters (lactones) is 2. The Morgan fingerprint density at radius 2 is 1.67 bits per heavy atom. The lowest BCUT2D eigenvalue weighted by atomic mass is 10.5. The van der Waals surface area contributed by atoms with E-state index in [-0.39, 0.29) is 0 Å². The molecule has 1 rings (SSSR count). The first-order valence-electron chi connectivity index (χ1n) is 3.19. The zero-order valence-corrected chi connectivity index (χ0v) is 5.85. The summed E-state index contributed by atoms with van der Waals surface area (Å²) >= 11 is 0. The minimum atomic E-state index is -0.536. The number of carbonyl (C=O) groups excluding carboxylic acids is 1. The van der Waals surface area contributed by atoms with Crippen LogP contribution >= 0.6 is 0 Å². The van der Waals surface area contributed by atoms with Crippen LogP contribution in [0.2, 0.25) is 0 Å². The number of hydrogen-bond acceptors (Lipinski definition) is 3. The Hall–Kier alpha value is -0.730. The highest BCUT2D eigenvalue weighted by Crippen LogP contribution is 1.95. The zero-order valence-electron chi connectivity index (χ0n) is 5.85. The summed E-state index contributed by atoms with van der Waals surface area (Å²) in [7, 11) is 0. The van der Waals surface area contributed by atoms with Crippen molar-refractivity contribution in [2.45, 2.75) is 20.3 Å². The van der Waals surface area contributed by atoms with Crippen LogP contribution in [0.3, 0.4) is 0 Å². The van der Waals surface area contributed by atoms with Gasteiger partial charge in [0.1, 0.15) is 0 Å². The third-order valence-corrected chi connectivity index (χ3v) is 0.729. The minimum absolute atomic E-state index is 0.513. The molecule has 0 N–H and O–H groups in total. The maximum Gasteiger partial charge on any atom is 0.508 e. The normalized spacial score (nSPS) is 16.4. The van der Waals surface area contributed by atoms with Gasteiger partial charge in [-0.3, -0.25) is 0 Å². The van der Waals surface area contributed by atoms with Crippen LogP contribution in [-0.2, 0) is 9.47 Å². The second-order valence-electron chi connectivity index (χ2n) is 1.30. The number of carbonyl (C=O) groups is 1. The topological polar surface area (TPSA) is 35.5 Å². The molecule has 0 bridgehead atoms. The van der Waals surface area contributed by atoms with E-state index < -0.39 is 6.16 Å². The Morgan fingerprint density at radius 3 is 1.89 bits per heavy atom. The third-order valence-electron chi connectivity index (χ3n) is 0.729. The zero-order chi connectivity index (χ0) is 7.11. The molecule has 0 saturated carbocycles. The lowest BCUT2D eigenvalue weighted by Gasteiger charge is -2.09. The molecule has 0 radical (unpaired) electrons. The molecule has 9 heavy (non-hydrogen) atoms. The first-order valence-corrected chi connectivity index (χ1v) is 3.19. The van der Waals surface area contributed by atoms with Crippen LogP contribution in [0.5, 0.6) is 0 Å². The average molecular weight is 132 g/mol. The molecule has 0 aromatic rings. The molecule has 1 saturated heterocycles. The molecule has 1 aliphatic rings. The van der Waals surface area contributed by atoms with E-state index in [0.29, 0.717) is 13.2 Å². The van der Waals surface area contributed by atoms with Crippen molar-refractivity contribution in [2.24, 2.45) is 0 Å². The Morgan fingerprint density at radius 1 is 1.22 bits per heavy atom. The molecule has 0 atom stereocenters. The van der Waals surface area contributed by atoms with Gasteiger partial charge >= 0.3 is 6.16 Å². The maximum absolute atomic E-state index is 10.0. The molecule has 0 aliphatic carbocycles. The molecule has 0 aromatic carbocycles. The van der Waals surface area contributed by atoms with Gasteiger partial charge in [-0.2, -0.15) is 0 Å². The first-order chi connectivity index (χ1) is 4.39. The van der Waals surface area contributed by atoms with Crippen molar-refractivity contribution < 1.29 is 14.3 Å². The summed E-state index contributed by atoms with van der Waals surface area (Å²) in [6, 6.07) is 0. The van der Waals surface area contributed by atoms with Crippen LogP contribution in [0.15, 0.2) is 0 Å². The van der Waals surface area contributed by atoms with Gasteiger partial charge in [-0.05, 0) is 0 Å². The summed E-state index contributed by atoms with van der Waals surface area (Å²) in [6.07, 6.45) is 0.289. The Kier molecular flexibility index (Phi) is 4.97. The van der Waals surface area contributed by atoms with E-state index in [0.717, 1.165) is 6.42 Å². The lowest BCUT2D eigenvalue weighted by molar-refractivity contribution is 0.0192. The van der Waals surface area contributed by atoms with Gasteiger partial charge in [-0.15, -0.1) is 0 Å². The monoisotopic (exact) mass is 132 g/mol. The molecule has 54 valence electrons. The van der Waals surface area contributed by atoms with Gasteiger partial charge in [0.2, 0.25) is 0 Å². The van der Waals surface area contributed by atoms with E-state index in [9.17, 15) is 4.79 Å². The molecule has 0 unspecified atom stereocenters. The van der Waals surface area contributed by atoms with Crippen molar-refractivity contribution >= 4 is 6.16 Å². The number of hydrogen-bond donors (Lipinski definition) is 0. The van der Waals surface area contributed by atoms with Gasteiger partial charge in [-0.25, -0.2) is 4.79 Å². The molecular weight excluding hydrogens is 120 g/mol. The molecule has 0 aromatic heterocycles. The van der Waals surface area contributed by atoms with Gasteiger partial charge < -0.3 is 9.47 Å². The molecular formula is C6H12O3. The molecule has 1 heterocycles. The number of ether oxygens (including phenoxy) is 2. The highest BCUT2D eigenvalue weighted by atomic mass is 16.7. The standard InChI is InChI=1S/C4H6O3.C2H6/c5-4-6-2-1-3-7-4;1-2/h1-3H2;1-2H3. The van der Waals surface area contributed by atoms with Crippen molar-refractivity contribution in [3.8, 4) is 0 Å². The van der Waals surface area contributed by atoms with Crippen LogP contribution in [0.4, 0.5) is 4.79 Å². The lowest BCUT2D eigenvalue weighted by Crippen LogP contribution is -2.16. The summed E-state index contributed by atoms with van der Waals surface area (Å²) in [6.45, 7) is 5.03. The summed E-state index contributed by atoms with van der Waals surface area (Å²) in [5.41, 5.74) is 0. The summed E-state index contributed by atoms with van der Waals surface area (Å²) in [5.74, 6) is 0. The minimum Gasteiger partial charge on any atom is -0.434 e. The summed E-state index contributed by atoms with van der Waals surface area (Å²) < 4.78 is 8.83. The fourth-order valence-electron chi connectivity index (χ4n) is 0.412. The second kappa shape index (κ2) is 5.41. The van der Waals surface area contributed by atoms with E-state index in [2.05, 4.69) is 9.47 Å². The summed E-state index contributed by atoms with van der Waals surface area (Å²) in [4.78, 5) is 10.0. The molecule has 3 heteroatoms. The van der Waals surface area contributed by atoms with E-state index in [1.54, 1.807) is 0 Å². The highest BCUT2D eigenvalue weighted by molar-refractivity contribution is 5.60. The Labute approximate surface area is 55.0 Å². The maximum atomic E-state index is 10.0. The molecule has 0 amide bonds. The fraction of sp³-hybridized carbons (Fsp3) is 0.833. The first kappa shape index (κ1) is 8.27. The predicted octanol–water partition coefficient (Wildman–Crippen LogP) is 1.57. The van der Waals surface area contributed by atoms with Crippen LogP contribution < -0.4 is 0 Å². The Bertz CT molecular complexity index is 72.4. The fourth-order valence-corrected chi connectivity index (χ4v) is 0.412. The van der Waals surface area contributed by atoms with Gasteiger partial charge in [0, 0.05) is 6.42 Å². The highest BCUT2D eigenvalue weighted by Gasteiger charge is 2.07. The van der Waals surface area contributed by atoms with Gasteiger partial charge in [-0.1, -0.05) is 13.8 Å². The van der Waals surface area contributed by atoms with Crippen molar-refractivity contribution in [3.63, 3.8) is 0 Å². The van der Waals surface area contributed by atoms with E-state index in [4.69, 9.17) is 0 Å². The molecule has 0 spiro atoms. The predicted molar refractivity (Wildman–Crippen MR) is 33.3 cm³/mol. The van der Waals surface area contributed by atoms with Gasteiger partial charge in [0.15, 0.2) is 0 Å². The SMILES string of the molecule is CC.O=C1OCCCO1. The Balaban J connectivity index is 0.000000291. The van der Waals surface area contributed by atoms with E-state index in [1.807, 2.05) is 13.8 Å². The second-order valence-corrected chi connectivity index (χ2v) is 1.30. The van der Waals surface area contributed by atoms with Crippen LogP contribution in [0, 0.1) is 0 Å². The molecule has 1 fully saturated rings. The number of rotatable bonds is 0. The van der Waals surface area contributed by atoms with Gasteiger partial charge in [0.25, 0.3) is 0 Å². The van der Waals surface area contributed by atoms with Gasteiger partial charge in [0.05, 0.1) is 13.2 Å². The molecule has 3 nitrogen and oxygen atoms in total. The van der Waals surface area contributed by atoms with E-state index in [1.165, 1.54) is 0 Å². The average Bonchev–Trinajstić information content (AvgIpc) is 1.94. The molecule has 1 aliphatic heterocycles. The van der Waals surface area contributed by atoms with Crippen molar-refractivity contribution in [2.75, 3.05) is 13.2 Å². The summed E-state index contributed by atoms with van der Waals surface area (Å²) in [5, 5.41) is 0. The van der Waals surface area contributed by atoms with Crippen molar-refractivity contribution in [1.82, 2.24) is 0 Å². The van der Waals surface area contributed by atoms with Crippen LogP contribution in [0.1, 0.15) is 20.3 Å². The third kappa shape index (κ3) is 3.82.